The van der Waals surface area contributed by atoms with E-state index in [4.69, 9.17) is 11.6 Å². The van der Waals surface area contributed by atoms with Crippen molar-refractivity contribution in [2.45, 2.75) is 25.8 Å². The Labute approximate surface area is 162 Å². The Bertz CT molecular complexity index is 980. The quantitative estimate of drug-likeness (QED) is 0.668. The summed E-state index contributed by atoms with van der Waals surface area (Å²) in [6, 6.07) is 14.3. The Morgan fingerprint density at radius 1 is 1.19 bits per heavy atom. The number of halogens is 2. The monoisotopic (exact) mass is 383 g/mol. The van der Waals surface area contributed by atoms with Crippen LogP contribution in [0.25, 0.3) is 5.69 Å². The molecule has 0 atom stereocenters. The first-order valence-electron chi connectivity index (χ1n) is 8.91. The van der Waals surface area contributed by atoms with Crippen molar-refractivity contribution in [3.63, 3.8) is 0 Å². The fourth-order valence-corrected chi connectivity index (χ4v) is 3.79. The molecule has 0 N–H and O–H groups in total. The highest BCUT2D eigenvalue weighted by Gasteiger charge is 2.29. The van der Waals surface area contributed by atoms with E-state index in [0.717, 1.165) is 36.2 Å². The second-order valence-electron chi connectivity index (χ2n) is 6.74. The normalized spacial score (nSPS) is 12.9. The second-order valence-corrected chi connectivity index (χ2v) is 7.14. The number of rotatable bonds is 4. The lowest BCUT2D eigenvalue weighted by Crippen LogP contribution is -2.28. The molecule has 0 aliphatic heterocycles. The van der Waals surface area contributed by atoms with Crippen molar-refractivity contribution >= 4 is 17.5 Å². The summed E-state index contributed by atoms with van der Waals surface area (Å²) in [4.78, 5) is 14.5. The third kappa shape index (κ3) is 3.23. The molecule has 0 saturated heterocycles. The largest absolute Gasteiger partial charge is 0.336 e. The summed E-state index contributed by atoms with van der Waals surface area (Å²) < 4.78 is 15.9. The number of fused-ring (bicyclic) bond motifs is 1. The minimum atomic E-state index is -0.415. The first-order chi connectivity index (χ1) is 13.1. The molecule has 27 heavy (non-hydrogen) atoms. The second kappa shape index (κ2) is 7.16. The van der Waals surface area contributed by atoms with Gasteiger partial charge in [-0.25, -0.2) is 9.07 Å². The van der Waals surface area contributed by atoms with Gasteiger partial charge in [-0.15, -0.1) is 0 Å². The number of carbonyl (C=O) groups excluding carboxylic acids is 1. The van der Waals surface area contributed by atoms with Crippen LogP contribution in [-0.4, -0.2) is 27.6 Å². The maximum Gasteiger partial charge on any atom is 0.274 e. The highest BCUT2D eigenvalue weighted by molar-refractivity contribution is 6.31. The van der Waals surface area contributed by atoms with E-state index >= 15 is 0 Å². The molecule has 0 unspecified atom stereocenters. The number of amides is 1. The van der Waals surface area contributed by atoms with Crippen LogP contribution in [0, 0.1) is 5.82 Å². The summed E-state index contributed by atoms with van der Waals surface area (Å²) in [7, 11) is 1.65. The lowest BCUT2D eigenvalue weighted by Gasteiger charge is -2.18. The Morgan fingerprint density at radius 3 is 2.70 bits per heavy atom. The zero-order chi connectivity index (χ0) is 19.0. The predicted octanol–water partition coefficient (Wildman–Crippen LogP) is 4.43. The van der Waals surface area contributed by atoms with Crippen molar-refractivity contribution in [1.29, 1.82) is 0 Å². The molecule has 1 aliphatic rings. The van der Waals surface area contributed by atoms with E-state index in [1.807, 2.05) is 35.0 Å². The summed E-state index contributed by atoms with van der Waals surface area (Å²) in [5.41, 5.74) is 3.78. The van der Waals surface area contributed by atoms with Crippen molar-refractivity contribution in [3.05, 3.63) is 81.9 Å². The van der Waals surface area contributed by atoms with Crippen molar-refractivity contribution in [1.82, 2.24) is 14.7 Å². The Hall–Kier alpha value is -2.66. The minimum absolute atomic E-state index is 0.0946. The fourth-order valence-electron chi connectivity index (χ4n) is 3.57. The van der Waals surface area contributed by atoms with Gasteiger partial charge in [0.1, 0.15) is 5.82 Å². The van der Waals surface area contributed by atoms with Gasteiger partial charge in [0.15, 0.2) is 5.69 Å². The molecule has 0 radical (unpaired) electrons. The Kier molecular flexibility index (Phi) is 4.70. The molecule has 4 rings (SSSR count). The highest BCUT2D eigenvalue weighted by Crippen LogP contribution is 2.29. The van der Waals surface area contributed by atoms with Crippen LogP contribution in [0.1, 0.15) is 33.7 Å². The van der Waals surface area contributed by atoms with Gasteiger partial charge in [-0.05, 0) is 43.5 Å². The van der Waals surface area contributed by atoms with Crippen LogP contribution in [0.4, 0.5) is 4.39 Å². The van der Waals surface area contributed by atoms with Crippen LogP contribution in [0.5, 0.6) is 0 Å². The Balaban J connectivity index is 1.66. The first kappa shape index (κ1) is 17.7. The van der Waals surface area contributed by atoms with Crippen LogP contribution in [0.15, 0.2) is 48.5 Å². The lowest BCUT2D eigenvalue weighted by atomic mass is 10.1. The zero-order valence-electron chi connectivity index (χ0n) is 15.0. The van der Waals surface area contributed by atoms with Crippen molar-refractivity contribution in [2.24, 2.45) is 0 Å². The van der Waals surface area contributed by atoms with Gasteiger partial charge in [0.2, 0.25) is 0 Å². The number of hydrogen-bond donors (Lipinski definition) is 0. The van der Waals surface area contributed by atoms with Gasteiger partial charge in [-0.2, -0.15) is 5.10 Å². The average Bonchev–Trinajstić information content (AvgIpc) is 3.27. The molecule has 4 nitrogen and oxygen atoms in total. The summed E-state index contributed by atoms with van der Waals surface area (Å²) in [5.74, 6) is -0.635. The molecule has 1 amide bonds. The maximum atomic E-state index is 14.1. The number of para-hydroxylation sites is 1. The van der Waals surface area contributed by atoms with Crippen molar-refractivity contribution in [2.75, 3.05) is 7.05 Å². The van der Waals surface area contributed by atoms with Crippen molar-refractivity contribution < 1.29 is 9.18 Å². The molecule has 2 aromatic carbocycles. The molecule has 0 saturated carbocycles. The fraction of sp³-hybridized carbons (Fsp3) is 0.238. The summed E-state index contributed by atoms with van der Waals surface area (Å²) in [6.45, 7) is 0.0946. The standard InChI is InChI=1S/C21H19ClFN3O/c1-25(13-16-17(22)10-6-11-18(16)23)21(27)20-15-9-5-12-19(15)26(24-20)14-7-3-2-4-8-14/h2-4,6-8,10-11H,5,9,12-13H2,1H3. The molecule has 1 heterocycles. The average molecular weight is 384 g/mol. The molecule has 1 aliphatic carbocycles. The first-order valence-corrected chi connectivity index (χ1v) is 9.28. The van der Waals surface area contributed by atoms with Gasteiger partial charge in [0.25, 0.3) is 5.91 Å². The van der Waals surface area contributed by atoms with E-state index in [1.165, 1.54) is 11.0 Å². The van der Waals surface area contributed by atoms with Crippen LogP contribution >= 0.6 is 11.6 Å². The van der Waals surface area contributed by atoms with Gasteiger partial charge in [-0.3, -0.25) is 4.79 Å². The lowest BCUT2D eigenvalue weighted by molar-refractivity contribution is 0.0776. The van der Waals surface area contributed by atoms with Crippen LogP contribution in [-0.2, 0) is 19.4 Å². The number of nitrogens with zero attached hydrogens (tertiary/aromatic N) is 3. The molecular formula is C21H19ClFN3O. The molecule has 6 heteroatoms. The van der Waals surface area contributed by atoms with E-state index in [9.17, 15) is 9.18 Å². The van der Waals surface area contributed by atoms with Crippen LogP contribution in [0.3, 0.4) is 0 Å². The smallest absolute Gasteiger partial charge is 0.274 e. The van der Waals surface area contributed by atoms with Crippen molar-refractivity contribution in [3.8, 4) is 5.69 Å². The molecule has 0 fully saturated rings. The SMILES string of the molecule is CN(Cc1c(F)cccc1Cl)C(=O)c1nn(-c2ccccc2)c2c1CCC2. The van der Waals surface area contributed by atoms with Crippen LogP contribution < -0.4 is 0 Å². The third-order valence-corrected chi connectivity index (χ3v) is 5.29. The summed E-state index contributed by atoms with van der Waals surface area (Å²) in [5, 5.41) is 4.92. The molecule has 0 spiro atoms. The minimum Gasteiger partial charge on any atom is -0.336 e. The van der Waals surface area contributed by atoms with E-state index in [0.29, 0.717) is 16.3 Å². The molecular weight excluding hydrogens is 365 g/mol. The summed E-state index contributed by atoms with van der Waals surface area (Å²) in [6.07, 6.45) is 2.73. The third-order valence-electron chi connectivity index (χ3n) is 4.94. The van der Waals surface area contributed by atoms with Crippen LogP contribution in [0.2, 0.25) is 5.02 Å². The summed E-state index contributed by atoms with van der Waals surface area (Å²) >= 11 is 6.10. The highest BCUT2D eigenvalue weighted by atomic mass is 35.5. The molecule has 138 valence electrons. The number of aromatic nitrogens is 2. The topological polar surface area (TPSA) is 38.1 Å². The number of benzene rings is 2. The van der Waals surface area contributed by atoms with E-state index in [2.05, 4.69) is 5.10 Å². The van der Waals surface area contributed by atoms with Gasteiger partial charge in [-0.1, -0.05) is 35.9 Å². The van der Waals surface area contributed by atoms with E-state index in [1.54, 1.807) is 19.2 Å². The number of hydrogen-bond acceptors (Lipinski definition) is 2. The Morgan fingerprint density at radius 2 is 1.96 bits per heavy atom. The number of carbonyl (C=O) groups is 1. The van der Waals surface area contributed by atoms with Gasteiger partial charge in [0, 0.05) is 28.9 Å². The van der Waals surface area contributed by atoms with Gasteiger partial charge < -0.3 is 4.90 Å². The predicted molar refractivity (Wildman–Crippen MR) is 103 cm³/mol. The molecule has 3 aromatic rings. The van der Waals surface area contributed by atoms with E-state index < -0.39 is 5.82 Å². The molecule has 0 bridgehead atoms. The zero-order valence-corrected chi connectivity index (χ0v) is 15.7. The van der Waals surface area contributed by atoms with E-state index in [-0.39, 0.29) is 12.5 Å². The van der Waals surface area contributed by atoms with Gasteiger partial charge in [0.05, 0.1) is 12.2 Å². The van der Waals surface area contributed by atoms with Gasteiger partial charge >= 0.3 is 0 Å². The molecule has 1 aromatic heterocycles. The maximum absolute atomic E-state index is 14.1.